The lowest BCUT2D eigenvalue weighted by molar-refractivity contribution is -0.139. The standard InChI is InChI=1S/C13H16F3NO/c1-2-12(18)8-17(9-12)7-10-5-3-4-6-11(10)13(14,15)16/h3-6,18H,2,7-9H2,1H3. The highest BCUT2D eigenvalue weighted by Crippen LogP contribution is 2.34. The van der Waals surface area contributed by atoms with Crippen molar-refractivity contribution in [2.75, 3.05) is 13.1 Å². The molecule has 100 valence electrons. The van der Waals surface area contributed by atoms with Crippen LogP contribution < -0.4 is 0 Å². The maximum atomic E-state index is 12.8. The van der Waals surface area contributed by atoms with E-state index in [4.69, 9.17) is 0 Å². The van der Waals surface area contributed by atoms with Crippen molar-refractivity contribution in [3.05, 3.63) is 35.4 Å². The molecule has 0 atom stereocenters. The number of nitrogens with zero attached hydrogens (tertiary/aromatic N) is 1. The molecular formula is C13H16F3NO. The van der Waals surface area contributed by atoms with E-state index in [9.17, 15) is 18.3 Å². The van der Waals surface area contributed by atoms with Gasteiger partial charge in [0.2, 0.25) is 0 Å². The summed E-state index contributed by atoms with van der Waals surface area (Å²) in [4.78, 5) is 1.83. The first kappa shape index (κ1) is 13.4. The van der Waals surface area contributed by atoms with Gasteiger partial charge in [0.1, 0.15) is 0 Å². The van der Waals surface area contributed by atoms with Gasteiger partial charge in [-0.15, -0.1) is 0 Å². The van der Waals surface area contributed by atoms with Crippen LogP contribution in [0.25, 0.3) is 0 Å². The molecule has 1 aromatic carbocycles. The number of aliphatic hydroxyl groups is 1. The molecule has 1 aliphatic rings. The molecule has 0 aliphatic carbocycles. The predicted octanol–water partition coefficient (Wildman–Crippen LogP) is 2.66. The van der Waals surface area contributed by atoms with Gasteiger partial charge >= 0.3 is 6.18 Å². The average molecular weight is 259 g/mol. The Bertz CT molecular complexity index is 424. The van der Waals surface area contributed by atoms with E-state index in [2.05, 4.69) is 0 Å². The second kappa shape index (κ2) is 4.55. The number of rotatable bonds is 3. The Morgan fingerprint density at radius 1 is 1.28 bits per heavy atom. The number of halogens is 3. The maximum Gasteiger partial charge on any atom is 0.416 e. The van der Waals surface area contributed by atoms with Crippen LogP contribution in [0.1, 0.15) is 24.5 Å². The second-order valence-electron chi connectivity index (χ2n) is 4.88. The normalized spacial score (nSPS) is 19.6. The van der Waals surface area contributed by atoms with Crippen LogP contribution in [0.2, 0.25) is 0 Å². The van der Waals surface area contributed by atoms with E-state index < -0.39 is 17.3 Å². The summed E-state index contributed by atoms with van der Waals surface area (Å²) in [6.07, 6.45) is -3.69. The third-order valence-electron chi connectivity index (χ3n) is 3.41. The predicted molar refractivity (Wildman–Crippen MR) is 62.0 cm³/mol. The van der Waals surface area contributed by atoms with Crippen LogP contribution >= 0.6 is 0 Å². The lowest BCUT2D eigenvalue weighted by atomic mass is 9.90. The Hall–Kier alpha value is -1.07. The topological polar surface area (TPSA) is 23.5 Å². The summed E-state index contributed by atoms with van der Waals surface area (Å²) in [5, 5.41) is 9.83. The minimum Gasteiger partial charge on any atom is -0.387 e. The van der Waals surface area contributed by atoms with E-state index in [0.29, 0.717) is 19.5 Å². The number of alkyl halides is 3. The highest BCUT2D eigenvalue weighted by atomic mass is 19.4. The fourth-order valence-electron chi connectivity index (χ4n) is 2.30. The average Bonchev–Trinajstić information content (AvgIpc) is 2.26. The summed E-state index contributed by atoms with van der Waals surface area (Å²) in [6.45, 7) is 2.99. The van der Waals surface area contributed by atoms with E-state index in [1.165, 1.54) is 12.1 Å². The third-order valence-corrected chi connectivity index (χ3v) is 3.41. The molecule has 2 rings (SSSR count). The molecule has 18 heavy (non-hydrogen) atoms. The van der Waals surface area contributed by atoms with Crippen molar-refractivity contribution in [2.24, 2.45) is 0 Å². The minimum atomic E-state index is -4.32. The lowest BCUT2D eigenvalue weighted by Crippen LogP contribution is -2.60. The largest absolute Gasteiger partial charge is 0.416 e. The Morgan fingerprint density at radius 2 is 1.89 bits per heavy atom. The van der Waals surface area contributed by atoms with Gasteiger partial charge in [-0.3, -0.25) is 4.90 Å². The monoisotopic (exact) mass is 259 g/mol. The smallest absolute Gasteiger partial charge is 0.387 e. The molecule has 1 fully saturated rings. The van der Waals surface area contributed by atoms with Crippen LogP contribution in [0.4, 0.5) is 13.2 Å². The lowest BCUT2D eigenvalue weighted by Gasteiger charge is -2.46. The van der Waals surface area contributed by atoms with Crippen molar-refractivity contribution >= 4 is 0 Å². The molecule has 0 aromatic heterocycles. The molecule has 1 aliphatic heterocycles. The number of benzene rings is 1. The number of β-amino-alcohol motifs (C(OH)–C–C–N with tert-alkyl or cyclic N) is 1. The second-order valence-corrected chi connectivity index (χ2v) is 4.88. The first-order valence-electron chi connectivity index (χ1n) is 5.94. The molecule has 0 bridgehead atoms. The fraction of sp³-hybridized carbons (Fsp3) is 0.538. The molecular weight excluding hydrogens is 243 g/mol. The number of likely N-dealkylation sites (tertiary alicyclic amines) is 1. The van der Waals surface area contributed by atoms with Gasteiger partial charge in [-0.2, -0.15) is 13.2 Å². The van der Waals surface area contributed by atoms with Crippen molar-refractivity contribution in [1.29, 1.82) is 0 Å². The SMILES string of the molecule is CCC1(O)CN(Cc2ccccc2C(F)(F)F)C1. The molecule has 1 aromatic rings. The molecule has 0 radical (unpaired) electrons. The molecule has 0 unspecified atom stereocenters. The van der Waals surface area contributed by atoms with E-state index in [1.54, 1.807) is 6.07 Å². The minimum absolute atomic E-state index is 0.234. The summed E-state index contributed by atoms with van der Waals surface area (Å²) < 4.78 is 38.3. The summed E-state index contributed by atoms with van der Waals surface area (Å²) in [5.41, 5.74) is -1.03. The zero-order chi connectivity index (χ0) is 13.4. The van der Waals surface area contributed by atoms with Crippen molar-refractivity contribution in [1.82, 2.24) is 4.90 Å². The molecule has 5 heteroatoms. The molecule has 0 saturated carbocycles. The van der Waals surface area contributed by atoms with Crippen LogP contribution in [0.15, 0.2) is 24.3 Å². The van der Waals surface area contributed by atoms with Gasteiger partial charge in [-0.05, 0) is 18.1 Å². The van der Waals surface area contributed by atoms with Gasteiger partial charge in [0, 0.05) is 19.6 Å². The van der Waals surface area contributed by atoms with Crippen molar-refractivity contribution in [2.45, 2.75) is 31.7 Å². The van der Waals surface area contributed by atoms with Gasteiger partial charge in [0.25, 0.3) is 0 Å². The highest BCUT2D eigenvalue weighted by molar-refractivity contribution is 5.29. The molecule has 1 saturated heterocycles. The zero-order valence-corrected chi connectivity index (χ0v) is 10.2. The first-order chi connectivity index (χ1) is 8.34. The summed E-state index contributed by atoms with van der Waals surface area (Å²) in [6, 6.07) is 5.59. The van der Waals surface area contributed by atoms with Crippen LogP contribution in [-0.2, 0) is 12.7 Å². The quantitative estimate of drug-likeness (QED) is 0.902. The summed E-state index contributed by atoms with van der Waals surface area (Å²) in [5.74, 6) is 0. The van der Waals surface area contributed by atoms with Crippen LogP contribution in [-0.4, -0.2) is 28.7 Å². The van der Waals surface area contributed by atoms with Crippen molar-refractivity contribution < 1.29 is 18.3 Å². The molecule has 0 spiro atoms. The Labute approximate surface area is 104 Å². The van der Waals surface area contributed by atoms with E-state index >= 15 is 0 Å². The van der Waals surface area contributed by atoms with Crippen molar-refractivity contribution in [3.8, 4) is 0 Å². The van der Waals surface area contributed by atoms with Crippen LogP contribution in [0.5, 0.6) is 0 Å². The zero-order valence-electron chi connectivity index (χ0n) is 10.2. The summed E-state index contributed by atoms with van der Waals surface area (Å²) >= 11 is 0. The molecule has 1 heterocycles. The van der Waals surface area contributed by atoms with Crippen LogP contribution in [0.3, 0.4) is 0 Å². The van der Waals surface area contributed by atoms with Crippen LogP contribution in [0, 0.1) is 0 Å². The van der Waals surface area contributed by atoms with Gasteiger partial charge in [-0.25, -0.2) is 0 Å². The summed E-state index contributed by atoms with van der Waals surface area (Å²) in [7, 11) is 0. The molecule has 2 nitrogen and oxygen atoms in total. The van der Waals surface area contributed by atoms with E-state index in [0.717, 1.165) is 6.07 Å². The van der Waals surface area contributed by atoms with Gasteiger partial charge in [0.15, 0.2) is 0 Å². The Balaban J connectivity index is 2.08. The third kappa shape index (κ3) is 2.67. The van der Waals surface area contributed by atoms with E-state index in [1.807, 2.05) is 11.8 Å². The Morgan fingerprint density at radius 3 is 2.44 bits per heavy atom. The fourth-order valence-corrected chi connectivity index (χ4v) is 2.30. The van der Waals surface area contributed by atoms with Gasteiger partial charge in [0.05, 0.1) is 11.2 Å². The van der Waals surface area contributed by atoms with E-state index in [-0.39, 0.29) is 12.1 Å². The Kier molecular flexibility index (Phi) is 3.38. The highest BCUT2D eigenvalue weighted by Gasteiger charge is 2.40. The first-order valence-corrected chi connectivity index (χ1v) is 5.94. The number of hydrogen-bond acceptors (Lipinski definition) is 2. The van der Waals surface area contributed by atoms with Gasteiger partial charge in [-0.1, -0.05) is 25.1 Å². The molecule has 0 amide bonds. The number of hydrogen-bond donors (Lipinski definition) is 1. The van der Waals surface area contributed by atoms with Gasteiger partial charge < -0.3 is 5.11 Å². The maximum absolute atomic E-state index is 12.8. The molecule has 1 N–H and O–H groups in total. The van der Waals surface area contributed by atoms with Crippen molar-refractivity contribution in [3.63, 3.8) is 0 Å².